The maximum Gasteiger partial charge on any atom is 0.263 e. The third kappa shape index (κ3) is 4.99. The van der Waals surface area contributed by atoms with Crippen LogP contribution in [0.4, 0.5) is 15.8 Å². The van der Waals surface area contributed by atoms with Gasteiger partial charge in [-0.2, -0.15) is 0 Å². The lowest BCUT2D eigenvalue weighted by atomic mass is 10.3. The van der Waals surface area contributed by atoms with Gasteiger partial charge < -0.3 is 4.74 Å². The van der Waals surface area contributed by atoms with Crippen LogP contribution < -0.4 is 14.2 Å². The van der Waals surface area contributed by atoms with Crippen LogP contribution in [0, 0.1) is 5.82 Å². The van der Waals surface area contributed by atoms with E-state index in [0.717, 1.165) is 24.5 Å². The zero-order valence-electron chi connectivity index (χ0n) is 15.3. The molecule has 0 saturated carbocycles. The number of rotatable bonds is 7. The van der Waals surface area contributed by atoms with E-state index in [4.69, 9.17) is 16.3 Å². The number of hydrogen-bond acceptors (Lipinski definition) is 6. The van der Waals surface area contributed by atoms with Gasteiger partial charge in [0.2, 0.25) is 0 Å². The second kappa shape index (κ2) is 8.46. The van der Waals surface area contributed by atoms with Gasteiger partial charge in [0.15, 0.2) is 0 Å². The molecule has 30 heavy (non-hydrogen) atoms. The van der Waals surface area contributed by atoms with Crippen molar-refractivity contribution in [2.75, 3.05) is 16.6 Å². The minimum absolute atomic E-state index is 0.0633. The van der Waals surface area contributed by atoms with Crippen LogP contribution in [0.2, 0.25) is 5.02 Å². The van der Waals surface area contributed by atoms with Crippen LogP contribution in [-0.2, 0) is 20.0 Å². The highest BCUT2D eigenvalue weighted by Gasteiger charge is 2.21. The van der Waals surface area contributed by atoms with E-state index >= 15 is 0 Å². The van der Waals surface area contributed by atoms with Crippen molar-refractivity contribution in [3.8, 4) is 5.75 Å². The van der Waals surface area contributed by atoms with E-state index in [9.17, 15) is 21.2 Å². The minimum Gasteiger partial charge on any atom is -0.495 e. The highest BCUT2D eigenvalue weighted by molar-refractivity contribution is 7.93. The van der Waals surface area contributed by atoms with Gasteiger partial charge >= 0.3 is 0 Å². The van der Waals surface area contributed by atoms with Gasteiger partial charge in [0.1, 0.15) is 16.5 Å². The van der Waals surface area contributed by atoms with Crippen LogP contribution >= 0.6 is 11.6 Å². The maximum absolute atomic E-state index is 13.4. The Morgan fingerprint density at radius 3 is 2.20 bits per heavy atom. The van der Waals surface area contributed by atoms with Crippen LogP contribution in [0.5, 0.6) is 5.75 Å². The largest absolute Gasteiger partial charge is 0.495 e. The van der Waals surface area contributed by atoms with Gasteiger partial charge in [0, 0.05) is 16.9 Å². The van der Waals surface area contributed by atoms with Crippen LogP contribution in [-0.4, -0.2) is 28.9 Å². The highest BCUT2D eigenvalue weighted by Crippen LogP contribution is 2.30. The van der Waals surface area contributed by atoms with Crippen molar-refractivity contribution in [3.63, 3.8) is 0 Å². The van der Waals surface area contributed by atoms with Crippen molar-refractivity contribution in [2.24, 2.45) is 0 Å². The van der Waals surface area contributed by atoms with E-state index in [1.807, 2.05) is 0 Å². The normalized spacial score (nSPS) is 11.7. The standard InChI is InChI=1S/C18H15ClFN3O5S2/c1-28-18-7-6-15(29(24,25)22-14-4-2-12(19)3-5-14)9-17(18)23-30(26,27)16-8-13(20)10-21-11-16/h2-11,22-23H,1H3. The Morgan fingerprint density at radius 1 is 0.900 bits per heavy atom. The number of methoxy groups -OCH3 is 1. The summed E-state index contributed by atoms with van der Waals surface area (Å²) in [5.41, 5.74) is 0.115. The number of anilines is 2. The van der Waals surface area contributed by atoms with Crippen molar-refractivity contribution >= 4 is 43.0 Å². The minimum atomic E-state index is -4.26. The van der Waals surface area contributed by atoms with E-state index in [-0.39, 0.29) is 22.0 Å². The number of halogens is 2. The van der Waals surface area contributed by atoms with Crippen molar-refractivity contribution in [2.45, 2.75) is 9.79 Å². The fraction of sp³-hybridized carbons (Fsp3) is 0.0556. The molecule has 0 bridgehead atoms. The fourth-order valence-electron chi connectivity index (χ4n) is 2.41. The van der Waals surface area contributed by atoms with E-state index < -0.39 is 30.8 Å². The molecule has 2 aromatic carbocycles. The number of pyridine rings is 1. The molecule has 0 saturated heterocycles. The molecule has 0 unspecified atom stereocenters. The second-order valence-corrected chi connectivity index (χ2v) is 9.72. The first-order valence-electron chi connectivity index (χ1n) is 8.20. The predicted octanol–water partition coefficient (Wildman–Crippen LogP) is 3.48. The summed E-state index contributed by atoms with van der Waals surface area (Å²) >= 11 is 5.79. The summed E-state index contributed by atoms with van der Waals surface area (Å²) in [4.78, 5) is 2.84. The summed E-state index contributed by atoms with van der Waals surface area (Å²) in [6.45, 7) is 0. The smallest absolute Gasteiger partial charge is 0.263 e. The van der Waals surface area contributed by atoms with E-state index in [1.165, 1.54) is 43.5 Å². The average molecular weight is 472 g/mol. The first-order chi connectivity index (χ1) is 14.1. The van der Waals surface area contributed by atoms with Crippen molar-refractivity contribution in [1.82, 2.24) is 4.98 Å². The lowest BCUT2D eigenvalue weighted by molar-refractivity contribution is 0.416. The first kappa shape index (κ1) is 21.8. The Bertz CT molecular complexity index is 1280. The van der Waals surface area contributed by atoms with Crippen LogP contribution in [0.25, 0.3) is 0 Å². The van der Waals surface area contributed by atoms with Gasteiger partial charge in [-0.25, -0.2) is 21.2 Å². The molecule has 3 aromatic rings. The van der Waals surface area contributed by atoms with Crippen molar-refractivity contribution < 1.29 is 26.0 Å². The van der Waals surface area contributed by atoms with Crippen LogP contribution in [0.3, 0.4) is 0 Å². The quantitative estimate of drug-likeness (QED) is 0.545. The molecule has 3 rings (SSSR count). The van der Waals surface area contributed by atoms with Crippen molar-refractivity contribution in [1.29, 1.82) is 0 Å². The van der Waals surface area contributed by atoms with Gasteiger partial charge in [-0.1, -0.05) is 11.6 Å². The van der Waals surface area contributed by atoms with Gasteiger partial charge in [-0.3, -0.25) is 14.4 Å². The molecule has 1 aromatic heterocycles. The molecule has 0 aliphatic heterocycles. The summed E-state index contributed by atoms with van der Waals surface area (Å²) in [5.74, 6) is -0.776. The van der Waals surface area contributed by atoms with Gasteiger partial charge in [-0.15, -0.1) is 0 Å². The van der Waals surface area contributed by atoms with E-state index in [1.54, 1.807) is 0 Å². The zero-order valence-corrected chi connectivity index (χ0v) is 17.7. The number of benzene rings is 2. The number of sulfonamides is 2. The molecular weight excluding hydrogens is 457 g/mol. The number of nitrogens with one attached hydrogen (secondary N) is 2. The molecule has 0 aliphatic rings. The lowest BCUT2D eigenvalue weighted by Crippen LogP contribution is -2.16. The molecule has 0 radical (unpaired) electrons. The molecule has 0 amide bonds. The molecule has 8 nitrogen and oxygen atoms in total. The molecule has 2 N–H and O–H groups in total. The Morgan fingerprint density at radius 2 is 1.57 bits per heavy atom. The molecule has 0 spiro atoms. The average Bonchev–Trinajstić information content (AvgIpc) is 2.69. The fourth-order valence-corrected chi connectivity index (χ4v) is 4.65. The predicted molar refractivity (Wildman–Crippen MR) is 110 cm³/mol. The molecule has 158 valence electrons. The second-order valence-electron chi connectivity index (χ2n) is 5.92. The number of ether oxygens (including phenoxy) is 1. The summed E-state index contributed by atoms with van der Waals surface area (Å²) in [6.07, 6.45) is 1.82. The molecule has 0 aliphatic carbocycles. The van der Waals surface area contributed by atoms with Gasteiger partial charge in [-0.05, 0) is 48.5 Å². The van der Waals surface area contributed by atoms with Crippen LogP contribution in [0.1, 0.15) is 0 Å². The molecule has 0 atom stereocenters. The third-order valence-corrected chi connectivity index (χ3v) is 6.78. The zero-order chi connectivity index (χ0) is 21.9. The molecule has 1 heterocycles. The lowest BCUT2D eigenvalue weighted by Gasteiger charge is -2.14. The van der Waals surface area contributed by atoms with E-state index in [0.29, 0.717) is 5.02 Å². The highest BCUT2D eigenvalue weighted by atomic mass is 35.5. The van der Waals surface area contributed by atoms with Crippen LogP contribution in [0.15, 0.2) is 70.7 Å². The summed E-state index contributed by atoms with van der Waals surface area (Å²) in [5, 5.41) is 0.436. The molecular formula is C18H15ClFN3O5S2. The summed E-state index contributed by atoms with van der Waals surface area (Å²) < 4.78 is 73.5. The molecule has 12 heteroatoms. The molecule has 0 fully saturated rings. The Hall–Kier alpha value is -2.89. The summed E-state index contributed by atoms with van der Waals surface area (Å²) in [6, 6.07) is 10.4. The SMILES string of the molecule is COc1ccc(S(=O)(=O)Nc2ccc(Cl)cc2)cc1NS(=O)(=O)c1cncc(F)c1. The van der Waals surface area contributed by atoms with Gasteiger partial charge in [0.25, 0.3) is 20.0 Å². The number of aromatic nitrogens is 1. The van der Waals surface area contributed by atoms with E-state index in [2.05, 4.69) is 14.4 Å². The Kier molecular flexibility index (Phi) is 6.15. The first-order valence-corrected chi connectivity index (χ1v) is 11.5. The topological polar surface area (TPSA) is 114 Å². The Labute approximate surface area is 177 Å². The Balaban J connectivity index is 1.96. The monoisotopic (exact) mass is 471 g/mol. The van der Waals surface area contributed by atoms with Crippen molar-refractivity contribution in [3.05, 3.63) is 71.8 Å². The summed E-state index contributed by atoms with van der Waals surface area (Å²) in [7, 11) is -7.02. The number of nitrogens with zero attached hydrogens (tertiary/aromatic N) is 1. The third-order valence-electron chi connectivity index (χ3n) is 3.81. The number of hydrogen-bond donors (Lipinski definition) is 2. The maximum atomic E-state index is 13.4. The van der Waals surface area contributed by atoms with Gasteiger partial charge in [0.05, 0.1) is 23.9 Å².